The van der Waals surface area contributed by atoms with Crippen LogP contribution in [-0.4, -0.2) is 27.7 Å². The number of fused-ring (bicyclic) bond motifs is 1. The first kappa shape index (κ1) is 19.8. The summed E-state index contributed by atoms with van der Waals surface area (Å²) in [6, 6.07) is 20.6. The summed E-state index contributed by atoms with van der Waals surface area (Å²) in [7, 11) is 0. The number of halogens is 1. The van der Waals surface area contributed by atoms with Crippen LogP contribution >= 0.6 is 0 Å². The van der Waals surface area contributed by atoms with Gasteiger partial charge in [-0.15, -0.1) is 0 Å². The van der Waals surface area contributed by atoms with Gasteiger partial charge in [0.25, 0.3) is 0 Å². The van der Waals surface area contributed by atoms with Crippen LogP contribution in [0.2, 0.25) is 0 Å². The third-order valence-electron chi connectivity index (χ3n) is 4.92. The molecule has 0 bridgehead atoms. The molecule has 0 aliphatic heterocycles. The van der Waals surface area contributed by atoms with Crippen molar-refractivity contribution in [2.45, 2.75) is 19.4 Å². The number of aryl methyl sites for hydroxylation is 1. The van der Waals surface area contributed by atoms with Crippen LogP contribution in [0.25, 0.3) is 10.9 Å². The number of nitrogens with one attached hydrogen (secondary N) is 2. The summed E-state index contributed by atoms with van der Waals surface area (Å²) >= 11 is 0. The van der Waals surface area contributed by atoms with Crippen LogP contribution in [0.1, 0.15) is 11.1 Å². The minimum absolute atomic E-state index is 0.112. The molecule has 0 spiro atoms. The van der Waals surface area contributed by atoms with Gasteiger partial charge in [0, 0.05) is 17.3 Å². The highest BCUT2D eigenvalue weighted by Crippen LogP contribution is 2.25. The van der Waals surface area contributed by atoms with Gasteiger partial charge in [0.1, 0.15) is 5.82 Å². The van der Waals surface area contributed by atoms with Gasteiger partial charge in [0.15, 0.2) is 11.6 Å². The highest BCUT2D eigenvalue weighted by molar-refractivity contribution is 5.83. The lowest BCUT2D eigenvalue weighted by atomic mass is 10.1. The van der Waals surface area contributed by atoms with Crippen molar-refractivity contribution in [1.82, 2.24) is 9.97 Å². The standard InChI is InChI=1S/C24H23FN4O/c1-16-12-21(25)24(28-20(15-30)13-17-6-3-2-4-7-17)29-23(16)27-19-9-10-22-18(14-19)8-5-11-26-22/h2-12,14,20,30H,13,15H2,1H3,(H2,27,28,29)/t20-/m1/s1. The summed E-state index contributed by atoms with van der Waals surface area (Å²) in [6.07, 6.45) is 2.32. The second-order valence-electron chi connectivity index (χ2n) is 7.23. The fourth-order valence-corrected chi connectivity index (χ4v) is 3.35. The average molecular weight is 402 g/mol. The summed E-state index contributed by atoms with van der Waals surface area (Å²) in [5.41, 5.74) is 3.49. The fraction of sp³-hybridized carbons (Fsp3) is 0.167. The minimum atomic E-state index is -0.452. The number of nitrogens with zero attached hydrogens (tertiary/aromatic N) is 2. The van der Waals surface area contributed by atoms with Crippen molar-refractivity contribution < 1.29 is 9.50 Å². The monoisotopic (exact) mass is 402 g/mol. The predicted octanol–water partition coefficient (Wildman–Crippen LogP) is 4.84. The highest BCUT2D eigenvalue weighted by Gasteiger charge is 2.15. The van der Waals surface area contributed by atoms with E-state index in [-0.39, 0.29) is 18.5 Å². The lowest BCUT2D eigenvalue weighted by Gasteiger charge is -2.19. The summed E-state index contributed by atoms with van der Waals surface area (Å²) in [4.78, 5) is 8.77. The molecule has 0 unspecified atom stereocenters. The summed E-state index contributed by atoms with van der Waals surface area (Å²) in [5, 5.41) is 17.1. The van der Waals surface area contributed by atoms with Crippen LogP contribution in [0, 0.1) is 12.7 Å². The molecule has 0 saturated carbocycles. The first-order valence-corrected chi connectivity index (χ1v) is 9.82. The molecular formula is C24H23FN4O. The van der Waals surface area contributed by atoms with Crippen LogP contribution < -0.4 is 10.6 Å². The second-order valence-corrected chi connectivity index (χ2v) is 7.23. The lowest BCUT2D eigenvalue weighted by Crippen LogP contribution is -2.27. The van der Waals surface area contributed by atoms with Crippen LogP contribution in [0.4, 0.5) is 21.7 Å². The molecule has 0 saturated heterocycles. The number of benzene rings is 2. The molecule has 0 aliphatic carbocycles. The maximum absolute atomic E-state index is 14.6. The fourth-order valence-electron chi connectivity index (χ4n) is 3.35. The number of hydrogen-bond acceptors (Lipinski definition) is 5. The Labute approximate surface area is 174 Å². The van der Waals surface area contributed by atoms with Crippen molar-refractivity contribution >= 4 is 28.2 Å². The SMILES string of the molecule is Cc1cc(F)c(N[C@@H](CO)Cc2ccccc2)nc1Nc1ccc2ncccc2c1. The highest BCUT2D eigenvalue weighted by atomic mass is 19.1. The zero-order chi connectivity index (χ0) is 20.9. The van der Waals surface area contributed by atoms with Crippen molar-refractivity contribution in [3.05, 3.63) is 89.9 Å². The van der Waals surface area contributed by atoms with E-state index in [9.17, 15) is 9.50 Å². The maximum Gasteiger partial charge on any atom is 0.165 e. The number of anilines is 3. The van der Waals surface area contributed by atoms with E-state index in [1.807, 2.05) is 60.7 Å². The molecule has 0 amide bonds. The molecule has 30 heavy (non-hydrogen) atoms. The molecule has 6 heteroatoms. The van der Waals surface area contributed by atoms with E-state index in [0.29, 0.717) is 17.8 Å². The van der Waals surface area contributed by atoms with Gasteiger partial charge in [-0.1, -0.05) is 36.4 Å². The second kappa shape index (κ2) is 8.88. The molecule has 1 atom stereocenters. The Morgan fingerprint density at radius 2 is 1.83 bits per heavy atom. The molecule has 2 heterocycles. The van der Waals surface area contributed by atoms with E-state index >= 15 is 0 Å². The number of rotatable bonds is 7. The quantitative estimate of drug-likeness (QED) is 0.413. The molecule has 152 valence electrons. The molecule has 2 aromatic carbocycles. The predicted molar refractivity (Wildman–Crippen MR) is 119 cm³/mol. The van der Waals surface area contributed by atoms with Crippen molar-refractivity contribution in [1.29, 1.82) is 0 Å². The maximum atomic E-state index is 14.6. The van der Waals surface area contributed by atoms with Gasteiger partial charge in [0.2, 0.25) is 0 Å². The summed E-state index contributed by atoms with van der Waals surface area (Å²) in [6.45, 7) is 1.67. The number of aliphatic hydroxyl groups is 1. The van der Waals surface area contributed by atoms with Crippen molar-refractivity contribution in [2.24, 2.45) is 0 Å². The van der Waals surface area contributed by atoms with Gasteiger partial charge < -0.3 is 15.7 Å². The molecule has 5 nitrogen and oxygen atoms in total. The van der Waals surface area contributed by atoms with Crippen molar-refractivity contribution in [3.63, 3.8) is 0 Å². The molecule has 0 fully saturated rings. The average Bonchev–Trinajstić information content (AvgIpc) is 2.77. The summed E-state index contributed by atoms with van der Waals surface area (Å²) in [5.74, 6) is 0.214. The molecule has 0 aliphatic rings. The van der Waals surface area contributed by atoms with Crippen molar-refractivity contribution in [2.75, 3.05) is 17.2 Å². The molecule has 2 aromatic heterocycles. The molecule has 3 N–H and O–H groups in total. The largest absolute Gasteiger partial charge is 0.394 e. The Morgan fingerprint density at radius 3 is 2.63 bits per heavy atom. The van der Waals surface area contributed by atoms with Crippen LogP contribution in [0.3, 0.4) is 0 Å². The Balaban J connectivity index is 1.56. The zero-order valence-corrected chi connectivity index (χ0v) is 16.6. The van der Waals surface area contributed by atoms with E-state index in [4.69, 9.17) is 0 Å². The lowest BCUT2D eigenvalue weighted by molar-refractivity contribution is 0.273. The molecular weight excluding hydrogens is 379 g/mol. The van der Waals surface area contributed by atoms with Crippen LogP contribution in [0.5, 0.6) is 0 Å². The van der Waals surface area contributed by atoms with Gasteiger partial charge in [0.05, 0.1) is 18.2 Å². The van der Waals surface area contributed by atoms with E-state index < -0.39 is 5.82 Å². The summed E-state index contributed by atoms with van der Waals surface area (Å²) < 4.78 is 14.6. The van der Waals surface area contributed by atoms with Gasteiger partial charge in [-0.3, -0.25) is 4.98 Å². The molecule has 4 rings (SSSR count). The minimum Gasteiger partial charge on any atom is -0.394 e. The Morgan fingerprint density at radius 1 is 1.00 bits per heavy atom. The zero-order valence-electron chi connectivity index (χ0n) is 16.6. The van der Waals surface area contributed by atoms with E-state index in [1.54, 1.807) is 13.1 Å². The number of aliphatic hydroxyl groups excluding tert-OH is 1. The Bertz CT molecular complexity index is 1150. The van der Waals surface area contributed by atoms with Gasteiger partial charge >= 0.3 is 0 Å². The van der Waals surface area contributed by atoms with Gasteiger partial charge in [-0.05, 0) is 54.8 Å². The number of hydrogen-bond donors (Lipinski definition) is 3. The number of aromatic nitrogens is 2. The van der Waals surface area contributed by atoms with E-state index in [1.165, 1.54) is 6.07 Å². The Kier molecular flexibility index (Phi) is 5.86. The third-order valence-corrected chi connectivity index (χ3v) is 4.92. The number of pyridine rings is 2. The smallest absolute Gasteiger partial charge is 0.165 e. The molecule has 4 aromatic rings. The normalized spacial score (nSPS) is 12.0. The first-order chi connectivity index (χ1) is 14.6. The van der Waals surface area contributed by atoms with Crippen LogP contribution in [-0.2, 0) is 6.42 Å². The van der Waals surface area contributed by atoms with E-state index in [2.05, 4.69) is 20.6 Å². The third kappa shape index (κ3) is 4.55. The van der Waals surface area contributed by atoms with Crippen molar-refractivity contribution in [3.8, 4) is 0 Å². The van der Waals surface area contributed by atoms with Crippen LogP contribution in [0.15, 0.2) is 72.9 Å². The Hall–Kier alpha value is -3.51. The topological polar surface area (TPSA) is 70.1 Å². The molecule has 0 radical (unpaired) electrons. The van der Waals surface area contributed by atoms with Gasteiger partial charge in [-0.2, -0.15) is 0 Å². The van der Waals surface area contributed by atoms with Gasteiger partial charge in [-0.25, -0.2) is 9.37 Å². The van der Waals surface area contributed by atoms with E-state index in [0.717, 1.165) is 22.2 Å². The first-order valence-electron chi connectivity index (χ1n) is 9.82.